The second-order valence-electron chi connectivity index (χ2n) is 2.25. The number of hydrogen-bond donors (Lipinski definition) is 2. The molecular weight excluding hydrogens is 237 g/mol. The predicted molar refractivity (Wildman–Crippen MR) is 40.8 cm³/mol. The molecule has 0 aromatic carbocycles. The third kappa shape index (κ3) is 4.11. The van der Waals surface area contributed by atoms with Gasteiger partial charge in [0, 0.05) is 23.9 Å². The molecule has 0 fully saturated rings. The quantitative estimate of drug-likeness (QED) is 0.696. The van der Waals surface area contributed by atoms with E-state index in [1.807, 2.05) is 13.8 Å². The fourth-order valence-electron chi connectivity index (χ4n) is 0.497. The molecule has 2 atom stereocenters. The first kappa shape index (κ1) is 12.9. The number of carboxylic acids is 1. The molecule has 0 aliphatic carbocycles. The van der Waals surface area contributed by atoms with Crippen LogP contribution in [0.25, 0.3) is 0 Å². The molecule has 0 heterocycles. The van der Waals surface area contributed by atoms with Crippen LogP contribution in [0.4, 0.5) is 0 Å². The van der Waals surface area contributed by atoms with Crippen LogP contribution in [0.15, 0.2) is 0 Å². The minimum absolute atomic E-state index is 0. The van der Waals surface area contributed by atoms with E-state index in [0.29, 0.717) is 0 Å². The van der Waals surface area contributed by atoms with Gasteiger partial charge in [0.05, 0.1) is 0 Å². The summed E-state index contributed by atoms with van der Waals surface area (Å²) >= 11 is 0. The molecule has 0 bridgehead atoms. The summed E-state index contributed by atoms with van der Waals surface area (Å²) in [5.41, 5.74) is 5.27. The van der Waals surface area contributed by atoms with Gasteiger partial charge in [-0.2, -0.15) is 0 Å². The van der Waals surface area contributed by atoms with Crippen molar-refractivity contribution in [1.29, 1.82) is 0 Å². The Hall–Kier alpha value is 0.229. The average Bonchev–Trinajstić information content (AvgIpc) is 1.84. The van der Waals surface area contributed by atoms with Crippen LogP contribution in [0.5, 0.6) is 0 Å². The van der Waals surface area contributed by atoms with Crippen LogP contribution < -0.4 is 5.73 Å². The summed E-state index contributed by atoms with van der Waals surface area (Å²) in [7, 11) is 0. The largest absolute Gasteiger partial charge is 0.480 e. The zero-order valence-electron chi connectivity index (χ0n) is 6.29. The maximum Gasteiger partial charge on any atom is 0.320 e. The first-order valence-corrected chi connectivity index (χ1v) is 3.08. The molecule has 3 N–H and O–H groups in total. The summed E-state index contributed by atoms with van der Waals surface area (Å²) in [5.74, 6) is -0.841. The van der Waals surface area contributed by atoms with Gasteiger partial charge in [0.15, 0.2) is 0 Å². The van der Waals surface area contributed by atoms with Crippen LogP contribution in [-0.4, -0.2) is 41.0 Å². The Morgan fingerprint density at radius 3 is 2.20 bits per heavy atom. The Kier molecular flexibility index (Phi) is 7.68. The van der Waals surface area contributed by atoms with Crippen LogP contribution in [0.2, 0.25) is 0 Å². The van der Waals surface area contributed by atoms with Gasteiger partial charge < -0.3 is 10.8 Å². The van der Waals surface area contributed by atoms with Gasteiger partial charge >= 0.3 is 5.97 Å². The Morgan fingerprint density at radius 2 is 2.10 bits per heavy atom. The predicted octanol–water partition coefficient (Wildman–Crippen LogP) is 0.0636. The molecule has 0 aliphatic heterocycles. The maximum absolute atomic E-state index is 10.2. The van der Waals surface area contributed by atoms with E-state index >= 15 is 0 Å². The Morgan fingerprint density at radius 1 is 1.70 bits per heavy atom. The van der Waals surface area contributed by atoms with Crippen molar-refractivity contribution in [1.82, 2.24) is 0 Å². The van der Waals surface area contributed by atoms with Gasteiger partial charge in [0.1, 0.15) is 6.04 Å². The Balaban J connectivity index is 0. The number of hydrogen-bond acceptors (Lipinski definition) is 2. The second kappa shape index (κ2) is 5.97. The topological polar surface area (TPSA) is 63.3 Å². The van der Waals surface area contributed by atoms with Gasteiger partial charge in [-0.3, -0.25) is 4.79 Å². The summed E-state index contributed by atoms with van der Waals surface area (Å²) in [6.45, 7) is 3.76. The van der Waals surface area contributed by atoms with E-state index in [9.17, 15) is 4.79 Å². The van der Waals surface area contributed by atoms with Crippen molar-refractivity contribution >= 4 is 29.9 Å². The monoisotopic (exact) mass is 251 g/mol. The summed E-state index contributed by atoms with van der Waals surface area (Å²) in [6, 6.07) is -0.699. The van der Waals surface area contributed by atoms with Crippen molar-refractivity contribution in [3.05, 3.63) is 0 Å². The number of aliphatic carboxylic acids is 1. The fraction of sp³-hybridized carbons (Fsp3) is 0.833. The number of nitrogens with two attached hydrogens (primary N) is 1. The second-order valence-corrected chi connectivity index (χ2v) is 2.25. The Bertz CT molecular complexity index is 108. The van der Waals surface area contributed by atoms with Crippen LogP contribution >= 0.6 is 0 Å². The molecule has 10 heavy (non-hydrogen) atoms. The molecule has 4 radical (unpaired) electrons. The van der Waals surface area contributed by atoms with Gasteiger partial charge in [-0.25, -0.2) is 0 Å². The zero-order valence-corrected chi connectivity index (χ0v) is 9.15. The normalized spacial score (nSPS) is 15.1. The van der Waals surface area contributed by atoms with E-state index in [1.54, 1.807) is 0 Å². The SMILES string of the molecule is CC[C@H](C)[C@H](N)C(=O)O.[Sn]. The maximum atomic E-state index is 10.2. The van der Waals surface area contributed by atoms with E-state index < -0.39 is 12.0 Å². The van der Waals surface area contributed by atoms with Crippen molar-refractivity contribution in [2.45, 2.75) is 26.3 Å². The molecule has 0 unspecified atom stereocenters. The molecule has 0 aliphatic rings. The Labute approximate surface area is 77.9 Å². The third-order valence-electron chi connectivity index (χ3n) is 1.54. The molecule has 0 saturated heterocycles. The fourth-order valence-corrected chi connectivity index (χ4v) is 0.497. The van der Waals surface area contributed by atoms with Crippen LogP contribution in [0, 0.1) is 5.92 Å². The van der Waals surface area contributed by atoms with Crippen molar-refractivity contribution in [3.63, 3.8) is 0 Å². The zero-order chi connectivity index (χ0) is 7.44. The number of rotatable bonds is 3. The molecule has 58 valence electrons. The van der Waals surface area contributed by atoms with Crippen molar-refractivity contribution in [2.24, 2.45) is 11.7 Å². The van der Waals surface area contributed by atoms with E-state index in [1.165, 1.54) is 0 Å². The minimum atomic E-state index is -0.913. The summed E-state index contributed by atoms with van der Waals surface area (Å²) in [4.78, 5) is 10.2. The van der Waals surface area contributed by atoms with Gasteiger partial charge in [-0.1, -0.05) is 20.3 Å². The van der Waals surface area contributed by atoms with Crippen LogP contribution in [0.3, 0.4) is 0 Å². The molecule has 4 heteroatoms. The van der Waals surface area contributed by atoms with E-state index in [2.05, 4.69) is 0 Å². The van der Waals surface area contributed by atoms with Crippen LogP contribution in [-0.2, 0) is 4.79 Å². The molecule has 0 rings (SSSR count). The van der Waals surface area contributed by atoms with Crippen molar-refractivity contribution in [2.75, 3.05) is 0 Å². The molecule has 0 aromatic heterocycles. The molecule has 0 amide bonds. The molecule has 0 spiro atoms. The van der Waals surface area contributed by atoms with E-state index in [4.69, 9.17) is 10.8 Å². The molecule has 3 nitrogen and oxygen atoms in total. The summed E-state index contributed by atoms with van der Waals surface area (Å²) in [5, 5.41) is 8.36. The summed E-state index contributed by atoms with van der Waals surface area (Å²) < 4.78 is 0. The first-order valence-electron chi connectivity index (χ1n) is 3.08. The van der Waals surface area contributed by atoms with Crippen molar-refractivity contribution in [3.8, 4) is 0 Å². The van der Waals surface area contributed by atoms with Crippen LogP contribution in [0.1, 0.15) is 20.3 Å². The number of carboxylic acid groups (broad SMARTS) is 1. The van der Waals surface area contributed by atoms with Gasteiger partial charge in [0.2, 0.25) is 0 Å². The average molecular weight is 250 g/mol. The smallest absolute Gasteiger partial charge is 0.320 e. The van der Waals surface area contributed by atoms with Crippen molar-refractivity contribution < 1.29 is 9.90 Å². The van der Waals surface area contributed by atoms with Gasteiger partial charge in [0.25, 0.3) is 0 Å². The first-order chi connectivity index (χ1) is 4.09. The minimum Gasteiger partial charge on any atom is -0.480 e. The summed E-state index contributed by atoms with van der Waals surface area (Å²) in [6.07, 6.45) is 0.813. The van der Waals surface area contributed by atoms with Gasteiger partial charge in [-0.05, 0) is 5.92 Å². The van der Waals surface area contributed by atoms with E-state index in [0.717, 1.165) is 6.42 Å². The van der Waals surface area contributed by atoms with E-state index in [-0.39, 0.29) is 29.8 Å². The third-order valence-corrected chi connectivity index (χ3v) is 1.54. The molecule has 0 aromatic rings. The standard InChI is InChI=1S/C6H13NO2.Sn/c1-3-4(2)5(7)6(8)9;/h4-5H,3,7H2,1-2H3,(H,8,9);/t4-,5-;/m0./s1. The molecule has 0 saturated carbocycles. The molecular formula is C6H13NO2Sn. The van der Waals surface area contributed by atoms with Gasteiger partial charge in [-0.15, -0.1) is 0 Å². The number of carbonyl (C=O) groups is 1.